The molecule has 5 nitrogen and oxygen atoms in total. The summed E-state index contributed by atoms with van der Waals surface area (Å²) >= 11 is 0. The standard InChI is InChI=1S/C18H26N2O3/c1-18(2,3)23-17(21)20-11-12-4-7-14(20)10-16(12)22-15-8-5-13(19)6-9-15/h5-6,8-9,12,14,16H,4,7,10-11,19H2,1-3H3. The number of rotatable bonds is 2. The van der Waals surface area contributed by atoms with Gasteiger partial charge in [0, 0.05) is 30.6 Å². The van der Waals surface area contributed by atoms with Gasteiger partial charge in [0.25, 0.3) is 0 Å². The fraction of sp³-hybridized carbons (Fsp3) is 0.611. The van der Waals surface area contributed by atoms with Crippen molar-refractivity contribution >= 4 is 11.8 Å². The number of carbonyl (C=O) groups excluding carboxylic acids is 1. The Morgan fingerprint density at radius 2 is 1.91 bits per heavy atom. The van der Waals surface area contributed by atoms with E-state index >= 15 is 0 Å². The van der Waals surface area contributed by atoms with Crippen LogP contribution in [-0.2, 0) is 4.74 Å². The number of nitrogen functional groups attached to an aromatic ring is 1. The molecule has 0 aromatic heterocycles. The van der Waals surface area contributed by atoms with Gasteiger partial charge in [-0.2, -0.15) is 0 Å². The highest BCUT2D eigenvalue weighted by atomic mass is 16.6. The maximum absolute atomic E-state index is 12.4. The number of hydrogen-bond acceptors (Lipinski definition) is 4. The van der Waals surface area contributed by atoms with Gasteiger partial charge in [0.1, 0.15) is 17.5 Å². The largest absolute Gasteiger partial charge is 0.490 e. The predicted molar refractivity (Wildman–Crippen MR) is 89.3 cm³/mol. The zero-order chi connectivity index (χ0) is 16.6. The lowest BCUT2D eigenvalue weighted by Crippen LogP contribution is -2.58. The molecule has 2 bridgehead atoms. The van der Waals surface area contributed by atoms with Gasteiger partial charge in [-0.1, -0.05) is 0 Å². The summed E-state index contributed by atoms with van der Waals surface area (Å²) < 4.78 is 11.7. The van der Waals surface area contributed by atoms with E-state index in [0.29, 0.717) is 5.92 Å². The molecule has 1 saturated carbocycles. The smallest absolute Gasteiger partial charge is 0.410 e. The van der Waals surface area contributed by atoms with Crippen LogP contribution in [0.15, 0.2) is 24.3 Å². The van der Waals surface area contributed by atoms with Crippen molar-refractivity contribution in [3.05, 3.63) is 24.3 Å². The van der Waals surface area contributed by atoms with E-state index in [0.717, 1.165) is 37.2 Å². The third kappa shape index (κ3) is 3.71. The lowest BCUT2D eigenvalue weighted by atomic mass is 9.78. The van der Waals surface area contributed by atoms with Crippen molar-refractivity contribution in [1.29, 1.82) is 0 Å². The molecule has 1 aromatic rings. The minimum Gasteiger partial charge on any atom is -0.490 e. The number of benzene rings is 1. The molecule has 3 aliphatic rings. The fourth-order valence-corrected chi connectivity index (χ4v) is 3.47. The first-order chi connectivity index (χ1) is 10.8. The number of hydrogen-bond donors (Lipinski definition) is 1. The van der Waals surface area contributed by atoms with E-state index in [2.05, 4.69) is 0 Å². The molecule has 3 unspecified atom stereocenters. The van der Waals surface area contributed by atoms with Gasteiger partial charge in [-0.25, -0.2) is 4.79 Å². The summed E-state index contributed by atoms with van der Waals surface area (Å²) in [5, 5.41) is 0. The Morgan fingerprint density at radius 3 is 2.48 bits per heavy atom. The molecular weight excluding hydrogens is 292 g/mol. The van der Waals surface area contributed by atoms with Crippen LogP contribution in [0.25, 0.3) is 0 Å². The molecule has 126 valence electrons. The molecule has 23 heavy (non-hydrogen) atoms. The first-order valence-corrected chi connectivity index (χ1v) is 8.33. The summed E-state index contributed by atoms with van der Waals surface area (Å²) in [6.45, 7) is 6.43. The van der Waals surface area contributed by atoms with Crippen LogP contribution in [0, 0.1) is 5.92 Å². The molecule has 3 fully saturated rings. The SMILES string of the molecule is CC(C)(C)OC(=O)N1CC2CCC1CC2Oc1ccc(N)cc1. The third-order valence-electron chi connectivity index (χ3n) is 4.57. The first-order valence-electron chi connectivity index (χ1n) is 8.33. The van der Waals surface area contributed by atoms with Crippen molar-refractivity contribution in [3.8, 4) is 5.75 Å². The topological polar surface area (TPSA) is 64.8 Å². The highest BCUT2D eigenvalue weighted by molar-refractivity contribution is 5.69. The van der Waals surface area contributed by atoms with E-state index in [-0.39, 0.29) is 18.2 Å². The van der Waals surface area contributed by atoms with Crippen LogP contribution in [-0.4, -0.2) is 35.3 Å². The minimum atomic E-state index is -0.451. The molecule has 2 aliphatic heterocycles. The molecule has 1 aromatic carbocycles. The Kier molecular flexibility index (Phi) is 4.13. The normalized spacial score (nSPS) is 26.9. The van der Waals surface area contributed by atoms with Crippen LogP contribution >= 0.6 is 0 Å². The van der Waals surface area contributed by atoms with Gasteiger partial charge in [0.05, 0.1) is 0 Å². The van der Waals surface area contributed by atoms with Gasteiger partial charge in [-0.05, 0) is 57.9 Å². The fourth-order valence-electron chi connectivity index (χ4n) is 3.47. The average molecular weight is 318 g/mol. The zero-order valence-corrected chi connectivity index (χ0v) is 14.1. The summed E-state index contributed by atoms with van der Waals surface area (Å²) in [4.78, 5) is 14.2. The van der Waals surface area contributed by atoms with Gasteiger partial charge in [-0.3, -0.25) is 0 Å². The molecule has 3 atom stereocenters. The second-order valence-corrected chi connectivity index (χ2v) is 7.58. The molecule has 2 N–H and O–H groups in total. The number of amides is 1. The molecule has 4 rings (SSSR count). The van der Waals surface area contributed by atoms with Crippen LogP contribution < -0.4 is 10.5 Å². The molecule has 1 aliphatic carbocycles. The zero-order valence-electron chi connectivity index (χ0n) is 14.1. The molecule has 5 heteroatoms. The Balaban J connectivity index is 1.63. The highest BCUT2D eigenvalue weighted by Gasteiger charge is 2.44. The van der Waals surface area contributed by atoms with E-state index in [1.54, 1.807) is 0 Å². The number of carbonyl (C=O) groups is 1. The van der Waals surface area contributed by atoms with Crippen molar-refractivity contribution in [1.82, 2.24) is 4.90 Å². The quantitative estimate of drug-likeness (QED) is 0.848. The Labute approximate surface area is 137 Å². The molecule has 0 radical (unpaired) electrons. The van der Waals surface area contributed by atoms with Crippen molar-refractivity contribution < 1.29 is 14.3 Å². The van der Waals surface area contributed by atoms with Crippen LogP contribution in [0.3, 0.4) is 0 Å². The van der Waals surface area contributed by atoms with E-state index in [1.165, 1.54) is 0 Å². The van der Waals surface area contributed by atoms with Crippen LogP contribution in [0.2, 0.25) is 0 Å². The monoisotopic (exact) mass is 318 g/mol. The van der Waals surface area contributed by atoms with Gasteiger partial charge >= 0.3 is 6.09 Å². The van der Waals surface area contributed by atoms with Crippen molar-refractivity contribution in [2.75, 3.05) is 12.3 Å². The molecule has 1 amide bonds. The Hall–Kier alpha value is -1.91. The average Bonchev–Trinajstić information content (AvgIpc) is 2.48. The van der Waals surface area contributed by atoms with Gasteiger partial charge < -0.3 is 20.1 Å². The van der Waals surface area contributed by atoms with E-state index in [1.807, 2.05) is 49.9 Å². The summed E-state index contributed by atoms with van der Waals surface area (Å²) in [7, 11) is 0. The maximum atomic E-state index is 12.4. The highest BCUT2D eigenvalue weighted by Crippen LogP contribution is 2.38. The molecule has 0 spiro atoms. The van der Waals surface area contributed by atoms with Gasteiger partial charge in [0.15, 0.2) is 0 Å². The second-order valence-electron chi connectivity index (χ2n) is 7.58. The number of anilines is 1. The molecular formula is C18H26N2O3. The number of ether oxygens (including phenoxy) is 2. The van der Waals surface area contributed by atoms with Crippen molar-refractivity contribution in [2.24, 2.45) is 5.92 Å². The van der Waals surface area contributed by atoms with Crippen molar-refractivity contribution in [3.63, 3.8) is 0 Å². The first kappa shape index (κ1) is 16.0. The Morgan fingerprint density at radius 1 is 1.22 bits per heavy atom. The van der Waals surface area contributed by atoms with E-state index in [4.69, 9.17) is 15.2 Å². The lowest BCUT2D eigenvalue weighted by molar-refractivity contribution is -0.0503. The maximum Gasteiger partial charge on any atom is 0.410 e. The number of nitrogens with two attached hydrogens (primary N) is 1. The number of fused-ring (bicyclic) bond motifs is 3. The van der Waals surface area contributed by atoms with Crippen LogP contribution in [0.4, 0.5) is 10.5 Å². The van der Waals surface area contributed by atoms with E-state index < -0.39 is 5.60 Å². The molecule has 2 saturated heterocycles. The summed E-state index contributed by atoms with van der Waals surface area (Å²) in [5.41, 5.74) is 5.99. The number of nitrogens with zero attached hydrogens (tertiary/aromatic N) is 1. The summed E-state index contributed by atoms with van der Waals surface area (Å²) in [6, 6.07) is 7.73. The summed E-state index contributed by atoms with van der Waals surface area (Å²) in [6.07, 6.45) is 2.97. The Bertz CT molecular complexity index is 565. The third-order valence-corrected chi connectivity index (χ3v) is 4.57. The van der Waals surface area contributed by atoms with Gasteiger partial charge in [0.2, 0.25) is 0 Å². The minimum absolute atomic E-state index is 0.163. The molecule has 2 heterocycles. The van der Waals surface area contributed by atoms with Crippen LogP contribution in [0.5, 0.6) is 5.75 Å². The van der Waals surface area contributed by atoms with E-state index in [9.17, 15) is 4.79 Å². The van der Waals surface area contributed by atoms with Crippen LogP contribution in [0.1, 0.15) is 40.0 Å². The number of piperidine rings is 2. The van der Waals surface area contributed by atoms with Gasteiger partial charge in [-0.15, -0.1) is 0 Å². The summed E-state index contributed by atoms with van der Waals surface area (Å²) in [5.74, 6) is 1.21. The second kappa shape index (κ2) is 5.95. The lowest BCUT2D eigenvalue weighted by Gasteiger charge is -2.48. The van der Waals surface area contributed by atoms with Crippen molar-refractivity contribution in [2.45, 2.75) is 57.8 Å². The predicted octanol–water partition coefficient (Wildman–Crippen LogP) is 3.44.